The maximum atomic E-state index is 5.58. The lowest BCUT2D eigenvalue weighted by atomic mass is 10.2. The van der Waals surface area contributed by atoms with Gasteiger partial charge in [-0.25, -0.2) is 9.97 Å². The normalized spacial score (nSPS) is 10.2. The fourth-order valence-electron chi connectivity index (χ4n) is 1.63. The van der Waals surface area contributed by atoms with Crippen molar-refractivity contribution in [3.05, 3.63) is 34.2 Å². The molecule has 0 saturated carbocycles. The Bertz CT molecular complexity index is 561. The standard InChI is InChI=1S/C14H16IN3O2/c1-3-19-12-6-5-11(7-13(12)20-4-2)18-14-16-8-10(15)9-17-14/h5-9H,3-4H2,1-2H3,(H,16,17,18). The molecule has 2 rings (SSSR count). The van der Waals surface area contributed by atoms with Gasteiger partial charge in [0, 0.05) is 27.7 Å². The average Bonchev–Trinajstić information content (AvgIpc) is 2.45. The van der Waals surface area contributed by atoms with Gasteiger partial charge in [-0.2, -0.15) is 0 Å². The van der Waals surface area contributed by atoms with Crippen LogP contribution in [-0.2, 0) is 0 Å². The van der Waals surface area contributed by atoms with Gasteiger partial charge >= 0.3 is 0 Å². The lowest BCUT2D eigenvalue weighted by Gasteiger charge is -2.12. The number of nitrogens with one attached hydrogen (secondary N) is 1. The van der Waals surface area contributed by atoms with E-state index in [9.17, 15) is 0 Å². The third-order valence-corrected chi connectivity index (χ3v) is 2.98. The van der Waals surface area contributed by atoms with E-state index in [1.165, 1.54) is 0 Å². The van der Waals surface area contributed by atoms with Crippen LogP contribution in [-0.4, -0.2) is 23.2 Å². The molecule has 1 aromatic heterocycles. The summed E-state index contributed by atoms with van der Waals surface area (Å²) in [6.45, 7) is 5.08. The van der Waals surface area contributed by atoms with Crippen LogP contribution in [0.3, 0.4) is 0 Å². The highest BCUT2D eigenvalue weighted by atomic mass is 127. The van der Waals surface area contributed by atoms with Gasteiger partial charge in [-0.15, -0.1) is 0 Å². The largest absolute Gasteiger partial charge is 0.490 e. The van der Waals surface area contributed by atoms with Crippen LogP contribution in [0.4, 0.5) is 11.6 Å². The lowest BCUT2D eigenvalue weighted by Crippen LogP contribution is -2.01. The van der Waals surface area contributed by atoms with Crippen molar-refractivity contribution in [3.8, 4) is 11.5 Å². The minimum atomic E-state index is 0.553. The summed E-state index contributed by atoms with van der Waals surface area (Å²) in [5.41, 5.74) is 0.859. The monoisotopic (exact) mass is 385 g/mol. The molecule has 0 radical (unpaired) electrons. The molecule has 106 valence electrons. The van der Waals surface area contributed by atoms with Crippen LogP contribution >= 0.6 is 22.6 Å². The van der Waals surface area contributed by atoms with Crippen LogP contribution in [0.25, 0.3) is 0 Å². The Morgan fingerprint density at radius 3 is 2.35 bits per heavy atom. The van der Waals surface area contributed by atoms with Crippen LogP contribution in [0.1, 0.15) is 13.8 Å². The van der Waals surface area contributed by atoms with Gasteiger partial charge in [0.05, 0.1) is 13.2 Å². The molecule has 0 unspecified atom stereocenters. The third kappa shape index (κ3) is 3.96. The van der Waals surface area contributed by atoms with Crippen molar-refractivity contribution < 1.29 is 9.47 Å². The molecule has 20 heavy (non-hydrogen) atoms. The molecule has 1 heterocycles. The number of ether oxygens (including phenoxy) is 2. The second-order valence-electron chi connectivity index (χ2n) is 3.88. The van der Waals surface area contributed by atoms with E-state index in [1.54, 1.807) is 12.4 Å². The Balaban J connectivity index is 2.19. The first-order valence-electron chi connectivity index (χ1n) is 6.37. The summed E-state index contributed by atoms with van der Waals surface area (Å²) < 4.78 is 12.1. The molecule has 6 heteroatoms. The smallest absolute Gasteiger partial charge is 0.227 e. The predicted octanol–water partition coefficient (Wildman–Crippen LogP) is 3.62. The van der Waals surface area contributed by atoms with Gasteiger partial charge in [-0.1, -0.05) is 0 Å². The van der Waals surface area contributed by atoms with Crippen molar-refractivity contribution in [2.45, 2.75) is 13.8 Å². The number of hydrogen-bond acceptors (Lipinski definition) is 5. The number of benzene rings is 1. The third-order valence-electron chi connectivity index (χ3n) is 2.42. The molecule has 0 bridgehead atoms. The van der Waals surface area contributed by atoms with Crippen LogP contribution in [0.5, 0.6) is 11.5 Å². The van der Waals surface area contributed by atoms with Gasteiger partial charge in [-0.05, 0) is 48.6 Å². The van der Waals surface area contributed by atoms with Crippen molar-refractivity contribution in [2.75, 3.05) is 18.5 Å². The quantitative estimate of drug-likeness (QED) is 0.770. The highest BCUT2D eigenvalue weighted by molar-refractivity contribution is 14.1. The number of hydrogen-bond donors (Lipinski definition) is 1. The molecule has 2 aromatic rings. The molecular formula is C14H16IN3O2. The summed E-state index contributed by atoms with van der Waals surface area (Å²) in [7, 11) is 0. The van der Waals surface area contributed by atoms with Gasteiger partial charge in [0.25, 0.3) is 0 Å². The zero-order chi connectivity index (χ0) is 14.4. The molecule has 0 fully saturated rings. The molecule has 0 aliphatic heterocycles. The molecule has 0 saturated heterocycles. The Morgan fingerprint density at radius 2 is 1.70 bits per heavy atom. The highest BCUT2D eigenvalue weighted by Gasteiger charge is 2.07. The first-order chi connectivity index (χ1) is 9.72. The van der Waals surface area contributed by atoms with E-state index in [0.717, 1.165) is 15.0 Å². The van der Waals surface area contributed by atoms with Crippen LogP contribution in [0.2, 0.25) is 0 Å². The first-order valence-corrected chi connectivity index (χ1v) is 7.45. The van der Waals surface area contributed by atoms with Crippen molar-refractivity contribution in [1.29, 1.82) is 0 Å². The summed E-state index contributed by atoms with van der Waals surface area (Å²) in [6.07, 6.45) is 3.52. The zero-order valence-electron chi connectivity index (χ0n) is 11.4. The molecule has 1 N–H and O–H groups in total. The summed E-state index contributed by atoms with van der Waals surface area (Å²) in [5.74, 6) is 2.00. The maximum absolute atomic E-state index is 5.58. The Hall–Kier alpha value is -1.57. The number of anilines is 2. The second kappa shape index (κ2) is 7.28. The van der Waals surface area contributed by atoms with Crippen LogP contribution in [0, 0.1) is 3.57 Å². The Morgan fingerprint density at radius 1 is 1.05 bits per heavy atom. The SMILES string of the molecule is CCOc1ccc(Nc2ncc(I)cn2)cc1OCC. The van der Waals surface area contributed by atoms with Crippen molar-refractivity contribution in [3.63, 3.8) is 0 Å². The van der Waals surface area contributed by atoms with Crippen molar-refractivity contribution in [2.24, 2.45) is 0 Å². The van der Waals surface area contributed by atoms with E-state index in [0.29, 0.717) is 24.9 Å². The van der Waals surface area contributed by atoms with Crippen molar-refractivity contribution >= 4 is 34.2 Å². The van der Waals surface area contributed by atoms with Gasteiger partial charge in [-0.3, -0.25) is 0 Å². The summed E-state index contributed by atoms with van der Waals surface area (Å²) in [6, 6.07) is 5.67. The van der Waals surface area contributed by atoms with E-state index in [1.807, 2.05) is 32.0 Å². The van der Waals surface area contributed by atoms with E-state index in [4.69, 9.17) is 9.47 Å². The minimum absolute atomic E-state index is 0.553. The topological polar surface area (TPSA) is 56.3 Å². The molecule has 0 atom stereocenters. The first kappa shape index (κ1) is 14.8. The maximum Gasteiger partial charge on any atom is 0.227 e. The van der Waals surface area contributed by atoms with E-state index in [-0.39, 0.29) is 0 Å². The van der Waals surface area contributed by atoms with Gasteiger partial charge in [0.2, 0.25) is 5.95 Å². The Labute approximate surface area is 131 Å². The zero-order valence-corrected chi connectivity index (χ0v) is 13.5. The van der Waals surface area contributed by atoms with Crippen LogP contribution < -0.4 is 14.8 Å². The van der Waals surface area contributed by atoms with Crippen molar-refractivity contribution in [1.82, 2.24) is 9.97 Å². The van der Waals surface area contributed by atoms with Crippen LogP contribution in [0.15, 0.2) is 30.6 Å². The average molecular weight is 385 g/mol. The number of nitrogens with zero attached hydrogens (tertiary/aromatic N) is 2. The summed E-state index contributed by atoms with van der Waals surface area (Å²) >= 11 is 2.17. The van der Waals surface area contributed by atoms with E-state index >= 15 is 0 Å². The molecule has 0 aliphatic rings. The van der Waals surface area contributed by atoms with E-state index < -0.39 is 0 Å². The molecule has 5 nitrogen and oxygen atoms in total. The predicted molar refractivity (Wildman–Crippen MR) is 86.8 cm³/mol. The summed E-state index contributed by atoms with van der Waals surface area (Å²) in [5, 5.41) is 3.14. The fraction of sp³-hybridized carbons (Fsp3) is 0.286. The number of halogens is 1. The Kier molecular flexibility index (Phi) is 5.40. The molecular weight excluding hydrogens is 369 g/mol. The molecule has 0 amide bonds. The number of aromatic nitrogens is 2. The van der Waals surface area contributed by atoms with Gasteiger partial charge in [0.1, 0.15) is 0 Å². The molecule has 0 spiro atoms. The van der Waals surface area contributed by atoms with E-state index in [2.05, 4.69) is 37.9 Å². The fourth-order valence-corrected chi connectivity index (χ4v) is 1.91. The minimum Gasteiger partial charge on any atom is -0.490 e. The molecule has 0 aliphatic carbocycles. The lowest BCUT2D eigenvalue weighted by molar-refractivity contribution is 0.288. The van der Waals surface area contributed by atoms with Gasteiger partial charge in [0.15, 0.2) is 11.5 Å². The summed E-state index contributed by atoms with van der Waals surface area (Å²) in [4.78, 5) is 8.41. The van der Waals surface area contributed by atoms with Gasteiger partial charge < -0.3 is 14.8 Å². The molecule has 1 aromatic carbocycles. The number of rotatable bonds is 6. The second-order valence-corrected chi connectivity index (χ2v) is 5.12. The highest BCUT2D eigenvalue weighted by Crippen LogP contribution is 2.31.